The summed E-state index contributed by atoms with van der Waals surface area (Å²) in [6.45, 7) is 3.81. The minimum Gasteiger partial charge on any atom is -0.302 e. The van der Waals surface area contributed by atoms with Crippen molar-refractivity contribution < 1.29 is 4.79 Å². The molecule has 0 aliphatic carbocycles. The van der Waals surface area contributed by atoms with Crippen LogP contribution in [0.15, 0.2) is 28.2 Å². The first-order valence-corrected chi connectivity index (χ1v) is 9.81. The number of thiazole rings is 1. The molecule has 2 N–H and O–H groups in total. The topological polar surface area (TPSA) is 87.7 Å². The summed E-state index contributed by atoms with van der Waals surface area (Å²) < 4.78 is 1.04. The number of benzene rings is 1. The number of aromatic nitrogens is 3. The van der Waals surface area contributed by atoms with E-state index in [0.29, 0.717) is 28.0 Å². The van der Waals surface area contributed by atoms with E-state index in [9.17, 15) is 9.59 Å². The molecule has 2 heterocycles. The predicted molar refractivity (Wildman–Crippen MR) is 103 cm³/mol. The minimum atomic E-state index is -0.180. The van der Waals surface area contributed by atoms with Gasteiger partial charge in [0.15, 0.2) is 10.3 Å². The number of H-pyrrole nitrogens is 1. The fourth-order valence-corrected chi connectivity index (χ4v) is 3.88. The van der Waals surface area contributed by atoms with Gasteiger partial charge >= 0.3 is 0 Å². The molecule has 0 saturated heterocycles. The van der Waals surface area contributed by atoms with Crippen molar-refractivity contribution in [2.24, 2.45) is 0 Å². The number of thioether (sulfide) groups is 1. The molecule has 1 aromatic carbocycles. The van der Waals surface area contributed by atoms with Crippen LogP contribution in [0, 0.1) is 13.8 Å². The van der Waals surface area contributed by atoms with Gasteiger partial charge in [-0.3, -0.25) is 9.59 Å². The maximum absolute atomic E-state index is 12.2. The molecule has 0 atom stereocenters. The van der Waals surface area contributed by atoms with Gasteiger partial charge in [-0.15, -0.1) is 0 Å². The number of fused-ring (bicyclic) bond motifs is 1. The molecule has 0 spiro atoms. The summed E-state index contributed by atoms with van der Waals surface area (Å²) in [6, 6.07) is 5.98. The van der Waals surface area contributed by atoms with Crippen molar-refractivity contribution in [1.29, 1.82) is 0 Å². The van der Waals surface area contributed by atoms with Crippen LogP contribution in [-0.4, -0.2) is 27.1 Å². The van der Waals surface area contributed by atoms with Crippen molar-refractivity contribution in [3.8, 4) is 0 Å². The van der Waals surface area contributed by atoms with E-state index in [0.717, 1.165) is 15.8 Å². The number of nitrogens with zero attached hydrogens (tertiary/aromatic N) is 2. The molecule has 130 valence electrons. The van der Waals surface area contributed by atoms with Crippen molar-refractivity contribution in [2.75, 3.05) is 11.6 Å². The average Bonchev–Trinajstić information content (AvgIpc) is 2.94. The zero-order valence-electron chi connectivity index (χ0n) is 14.2. The largest absolute Gasteiger partial charge is 0.302 e. The Labute approximate surface area is 153 Å². The van der Waals surface area contributed by atoms with E-state index >= 15 is 0 Å². The first kappa shape index (κ1) is 17.6. The Hall–Kier alpha value is -2.19. The first-order chi connectivity index (χ1) is 12.0. The van der Waals surface area contributed by atoms with Gasteiger partial charge < -0.3 is 10.3 Å². The summed E-state index contributed by atoms with van der Waals surface area (Å²) in [6.07, 6.45) is 2.40. The SMILES string of the molecule is CSc1nc(C)c(CCC(=O)Nc2nc3ccc(C)cc3s2)c(=O)[nH]1. The molecule has 0 bridgehead atoms. The fraction of sp³-hybridized carbons (Fsp3) is 0.294. The smallest absolute Gasteiger partial charge is 0.254 e. The molecular weight excluding hydrogens is 356 g/mol. The van der Waals surface area contributed by atoms with Gasteiger partial charge in [0.25, 0.3) is 5.56 Å². The number of rotatable bonds is 5. The highest BCUT2D eigenvalue weighted by atomic mass is 32.2. The second-order valence-corrected chi connectivity index (χ2v) is 7.50. The van der Waals surface area contributed by atoms with E-state index in [1.54, 1.807) is 6.92 Å². The molecule has 0 radical (unpaired) electrons. The zero-order valence-corrected chi connectivity index (χ0v) is 15.8. The third-order valence-corrected chi connectivity index (χ3v) is 5.30. The van der Waals surface area contributed by atoms with Crippen molar-refractivity contribution in [2.45, 2.75) is 31.8 Å². The summed E-state index contributed by atoms with van der Waals surface area (Å²) in [7, 11) is 0. The second kappa shape index (κ2) is 7.37. The molecule has 0 aliphatic rings. The van der Waals surface area contributed by atoms with E-state index in [4.69, 9.17) is 0 Å². The van der Waals surface area contributed by atoms with Crippen LogP contribution in [0.5, 0.6) is 0 Å². The molecule has 0 fully saturated rings. The Balaban J connectivity index is 1.67. The minimum absolute atomic E-state index is 0.163. The Morgan fingerprint density at radius 1 is 1.32 bits per heavy atom. The number of aryl methyl sites for hydroxylation is 2. The molecule has 0 aliphatic heterocycles. The molecule has 6 nitrogen and oxygen atoms in total. The molecule has 8 heteroatoms. The van der Waals surface area contributed by atoms with Gasteiger partial charge in [0.1, 0.15) is 0 Å². The third-order valence-electron chi connectivity index (χ3n) is 3.79. The lowest BCUT2D eigenvalue weighted by Gasteiger charge is -2.05. The molecule has 2 aromatic heterocycles. The predicted octanol–water partition coefficient (Wildman–Crippen LogP) is 3.29. The van der Waals surface area contributed by atoms with E-state index in [1.807, 2.05) is 31.4 Å². The number of hydrogen-bond donors (Lipinski definition) is 2. The summed E-state index contributed by atoms with van der Waals surface area (Å²) in [5, 5.41) is 3.97. The van der Waals surface area contributed by atoms with Crippen LogP contribution in [0.1, 0.15) is 23.2 Å². The van der Waals surface area contributed by atoms with Crippen LogP contribution in [0.2, 0.25) is 0 Å². The number of anilines is 1. The average molecular weight is 374 g/mol. The van der Waals surface area contributed by atoms with Crippen LogP contribution >= 0.6 is 23.1 Å². The van der Waals surface area contributed by atoms with Gasteiger partial charge in [-0.2, -0.15) is 0 Å². The standard InChI is InChI=1S/C17H18N4O2S2/c1-9-4-6-12-13(8-9)25-17(19-12)20-14(22)7-5-11-10(2)18-16(24-3)21-15(11)23/h4,6,8H,5,7H2,1-3H3,(H,18,21,23)(H,19,20,22). The summed E-state index contributed by atoms with van der Waals surface area (Å²) in [5.41, 5.74) is 3.06. The number of carbonyl (C=O) groups is 1. The highest BCUT2D eigenvalue weighted by Crippen LogP contribution is 2.26. The normalized spacial score (nSPS) is 11.0. The molecule has 25 heavy (non-hydrogen) atoms. The molecule has 1 amide bonds. The monoisotopic (exact) mass is 374 g/mol. The van der Waals surface area contributed by atoms with E-state index in [1.165, 1.54) is 23.1 Å². The van der Waals surface area contributed by atoms with Crippen LogP contribution in [0.4, 0.5) is 5.13 Å². The Kier molecular flexibility index (Phi) is 5.19. The van der Waals surface area contributed by atoms with Gasteiger partial charge in [0.05, 0.1) is 10.2 Å². The van der Waals surface area contributed by atoms with Crippen LogP contribution < -0.4 is 10.9 Å². The van der Waals surface area contributed by atoms with Crippen LogP contribution in [-0.2, 0) is 11.2 Å². The van der Waals surface area contributed by atoms with Gasteiger partial charge in [-0.25, -0.2) is 9.97 Å². The van der Waals surface area contributed by atoms with E-state index in [-0.39, 0.29) is 17.9 Å². The second-order valence-electron chi connectivity index (χ2n) is 5.68. The van der Waals surface area contributed by atoms with Crippen molar-refractivity contribution in [3.05, 3.63) is 45.4 Å². The van der Waals surface area contributed by atoms with E-state index < -0.39 is 0 Å². The summed E-state index contributed by atoms with van der Waals surface area (Å²) in [4.78, 5) is 35.7. The van der Waals surface area contributed by atoms with Gasteiger partial charge in [0, 0.05) is 17.7 Å². The highest BCUT2D eigenvalue weighted by Gasteiger charge is 2.12. The number of nitrogens with one attached hydrogen (secondary N) is 2. The lowest BCUT2D eigenvalue weighted by atomic mass is 10.1. The lowest BCUT2D eigenvalue weighted by Crippen LogP contribution is -2.20. The zero-order chi connectivity index (χ0) is 18.0. The quantitative estimate of drug-likeness (QED) is 0.528. The van der Waals surface area contributed by atoms with E-state index in [2.05, 4.69) is 20.3 Å². The molecule has 3 rings (SSSR count). The lowest BCUT2D eigenvalue weighted by molar-refractivity contribution is -0.116. The van der Waals surface area contributed by atoms with Crippen molar-refractivity contribution in [1.82, 2.24) is 15.0 Å². The van der Waals surface area contributed by atoms with Crippen LogP contribution in [0.25, 0.3) is 10.2 Å². The molecule has 3 aromatic rings. The molecule has 0 unspecified atom stereocenters. The number of aromatic amines is 1. The van der Waals surface area contributed by atoms with Crippen LogP contribution in [0.3, 0.4) is 0 Å². The molecular formula is C17H18N4O2S2. The summed E-state index contributed by atoms with van der Waals surface area (Å²) in [5.74, 6) is -0.163. The molecule has 0 saturated carbocycles. The number of carbonyl (C=O) groups excluding carboxylic acids is 1. The first-order valence-electron chi connectivity index (χ1n) is 7.77. The number of hydrogen-bond acceptors (Lipinski definition) is 6. The van der Waals surface area contributed by atoms with Crippen molar-refractivity contribution in [3.63, 3.8) is 0 Å². The maximum Gasteiger partial charge on any atom is 0.254 e. The maximum atomic E-state index is 12.2. The number of amides is 1. The fourth-order valence-electron chi connectivity index (χ4n) is 2.48. The highest BCUT2D eigenvalue weighted by molar-refractivity contribution is 7.98. The Morgan fingerprint density at radius 2 is 2.12 bits per heavy atom. The van der Waals surface area contributed by atoms with Gasteiger partial charge in [-0.1, -0.05) is 29.2 Å². The van der Waals surface area contributed by atoms with Gasteiger partial charge in [-0.05, 0) is 44.2 Å². The Morgan fingerprint density at radius 3 is 2.84 bits per heavy atom. The van der Waals surface area contributed by atoms with Gasteiger partial charge in [0.2, 0.25) is 5.91 Å². The third kappa shape index (κ3) is 4.08. The Bertz CT molecular complexity index is 994. The van der Waals surface area contributed by atoms with Crippen molar-refractivity contribution >= 4 is 44.4 Å². The summed E-state index contributed by atoms with van der Waals surface area (Å²) >= 11 is 2.83.